The minimum atomic E-state index is -0.204. The van der Waals surface area contributed by atoms with Crippen LogP contribution in [0.15, 0.2) is 0 Å². The van der Waals surface area contributed by atoms with Crippen molar-refractivity contribution in [2.45, 2.75) is 5.38 Å². The Kier molecular flexibility index (Phi) is 2.81. The second kappa shape index (κ2) is 2.61. The van der Waals surface area contributed by atoms with Gasteiger partial charge < -0.3 is 0 Å². The van der Waals surface area contributed by atoms with Gasteiger partial charge in [0.1, 0.15) is 0 Å². The summed E-state index contributed by atoms with van der Waals surface area (Å²) in [5.41, 5.74) is 0. The summed E-state index contributed by atoms with van der Waals surface area (Å²) in [6.07, 6.45) is 0. The van der Waals surface area contributed by atoms with Crippen molar-refractivity contribution in [3.8, 4) is 0 Å². The summed E-state index contributed by atoms with van der Waals surface area (Å²) in [4.78, 5) is 0. The molecule has 0 rings (SSSR count). The summed E-state index contributed by atoms with van der Waals surface area (Å²) < 4.78 is 0. The van der Waals surface area contributed by atoms with E-state index in [4.69, 9.17) is 11.6 Å². The first-order valence-electron chi connectivity index (χ1n) is 1.20. The predicted molar refractivity (Wildman–Crippen MR) is 28.7 cm³/mol. The highest BCUT2D eigenvalue weighted by Crippen LogP contribution is 1.83. The molecule has 29 valence electrons. The third kappa shape index (κ3) is 4.38. The number of alkyl halides is 1. The first kappa shape index (κ1) is 5.38. The zero-order valence-corrected chi connectivity index (χ0v) is 4.22. The third-order valence-corrected chi connectivity index (χ3v) is 0.752. The average molecular weight is 108 g/mol. The van der Waals surface area contributed by atoms with Gasteiger partial charge in [0.15, 0.2) is 0 Å². The van der Waals surface area contributed by atoms with E-state index in [-0.39, 0.29) is 5.38 Å². The summed E-state index contributed by atoms with van der Waals surface area (Å²) in [5.74, 6) is 0. The van der Waals surface area contributed by atoms with Crippen LogP contribution >= 0.6 is 23.8 Å². The van der Waals surface area contributed by atoms with E-state index in [1.54, 1.807) is 0 Å². The predicted octanol–water partition coefficient (Wildman–Crippen LogP) is 1.43. The molecule has 0 aromatic heterocycles. The van der Waals surface area contributed by atoms with Gasteiger partial charge in [0, 0.05) is 0 Å². The average Bonchev–Trinajstić information content (AvgIpc) is 1.38. The van der Waals surface area contributed by atoms with Crippen LogP contribution in [-0.2, 0) is 0 Å². The molecular weight excluding hydrogens is 104 g/mol. The largest absolute Gasteiger partial charge is 0.118 e. The zero-order chi connectivity index (χ0) is 4.28. The Bertz CT molecular complexity index is 33.9. The molecule has 1 atom stereocenters. The first-order valence-corrected chi connectivity index (χ1v) is 2.10. The maximum Gasteiger partial charge on any atom is 0.0618 e. The van der Waals surface area contributed by atoms with Crippen LogP contribution in [0, 0.1) is 6.92 Å². The summed E-state index contributed by atoms with van der Waals surface area (Å²) in [5, 5.41) is 1.20. The number of halogens is 1. The molecule has 1 radical (unpaired) electrons. The van der Waals surface area contributed by atoms with E-state index in [0.717, 1.165) is 0 Å². The molecule has 0 saturated heterocycles. The van der Waals surface area contributed by atoms with Gasteiger partial charge in [0.25, 0.3) is 0 Å². The summed E-state index contributed by atoms with van der Waals surface area (Å²) in [6.45, 7) is 3.36. The molecule has 0 aliphatic rings. The van der Waals surface area contributed by atoms with Gasteiger partial charge in [-0.25, -0.2) is 0 Å². The van der Waals surface area contributed by atoms with Crippen molar-refractivity contribution < 1.29 is 0 Å². The Labute approximate surface area is 42.1 Å². The highest BCUT2D eigenvalue weighted by Gasteiger charge is 1.79. The number of hydrogen-bond acceptors (Lipinski definition) is 1. The van der Waals surface area contributed by atoms with Crippen molar-refractivity contribution in [3.05, 3.63) is 6.92 Å². The minimum Gasteiger partial charge on any atom is -0.118 e. The highest BCUT2D eigenvalue weighted by molar-refractivity contribution is 7.79. The van der Waals surface area contributed by atoms with E-state index in [9.17, 15) is 0 Å². The number of hydrogen-bond donors (Lipinski definition) is 0. The fourth-order valence-electron chi connectivity index (χ4n) is 0. The Morgan fingerprint density at radius 3 is 2.20 bits per heavy atom. The van der Waals surface area contributed by atoms with Crippen LogP contribution in [0.2, 0.25) is 0 Å². The molecule has 0 amide bonds. The second-order valence-electron chi connectivity index (χ2n) is 0.652. The van der Waals surface area contributed by atoms with E-state index in [1.165, 1.54) is 5.37 Å². The molecule has 0 heterocycles. The minimum absolute atomic E-state index is 0.204. The lowest BCUT2D eigenvalue weighted by Crippen LogP contribution is -1.85. The Hall–Kier alpha value is 0.380. The lowest BCUT2D eigenvalue weighted by Gasteiger charge is -1.78. The van der Waals surface area contributed by atoms with E-state index in [0.29, 0.717) is 0 Å². The molecule has 1 unspecified atom stereocenters. The first-order chi connectivity index (χ1) is 2.27. The van der Waals surface area contributed by atoms with Gasteiger partial charge in [-0.05, 0) is 12.3 Å². The Morgan fingerprint density at radius 2 is 2.20 bits per heavy atom. The fraction of sp³-hybridized carbons (Fsp3) is 0.333. The van der Waals surface area contributed by atoms with Gasteiger partial charge >= 0.3 is 0 Å². The van der Waals surface area contributed by atoms with Crippen LogP contribution in [0.1, 0.15) is 0 Å². The molecule has 0 spiro atoms. The van der Waals surface area contributed by atoms with Crippen LogP contribution in [-0.4, -0.2) is 10.7 Å². The molecule has 0 nitrogen and oxygen atoms in total. The van der Waals surface area contributed by atoms with E-state index >= 15 is 0 Å². The Morgan fingerprint density at radius 1 is 2.00 bits per heavy atom. The van der Waals surface area contributed by atoms with Gasteiger partial charge in [0.05, 0.1) is 5.38 Å². The zero-order valence-electron chi connectivity index (χ0n) is 2.65. The number of thiocarbonyl (C=S) groups is 1. The molecular formula is C3H4ClS. The monoisotopic (exact) mass is 107 g/mol. The lowest BCUT2D eigenvalue weighted by atomic mass is 10.6. The van der Waals surface area contributed by atoms with Gasteiger partial charge in [-0.1, -0.05) is 12.2 Å². The molecule has 0 aromatic carbocycles. The topological polar surface area (TPSA) is 0 Å². The SMILES string of the molecule is [CH2]C(Cl)C=S. The van der Waals surface area contributed by atoms with Crippen LogP contribution in [0.25, 0.3) is 0 Å². The lowest BCUT2D eigenvalue weighted by molar-refractivity contribution is 1.59. The van der Waals surface area contributed by atoms with Crippen molar-refractivity contribution >= 4 is 29.2 Å². The van der Waals surface area contributed by atoms with Crippen LogP contribution in [0.4, 0.5) is 0 Å². The van der Waals surface area contributed by atoms with Crippen LogP contribution < -0.4 is 0 Å². The molecule has 2 heteroatoms. The highest BCUT2D eigenvalue weighted by atomic mass is 35.5. The second-order valence-corrected chi connectivity index (χ2v) is 1.48. The van der Waals surface area contributed by atoms with E-state index in [2.05, 4.69) is 19.1 Å². The molecule has 0 fully saturated rings. The quantitative estimate of drug-likeness (QED) is 0.361. The third-order valence-electron chi connectivity index (χ3n) is 0.148. The van der Waals surface area contributed by atoms with E-state index < -0.39 is 0 Å². The van der Waals surface area contributed by atoms with Crippen molar-refractivity contribution in [1.82, 2.24) is 0 Å². The van der Waals surface area contributed by atoms with Crippen LogP contribution in [0.5, 0.6) is 0 Å². The molecule has 0 saturated carbocycles. The van der Waals surface area contributed by atoms with Crippen LogP contribution in [0.3, 0.4) is 0 Å². The number of rotatable bonds is 1. The van der Waals surface area contributed by atoms with Gasteiger partial charge in [-0.3, -0.25) is 0 Å². The van der Waals surface area contributed by atoms with Gasteiger partial charge in [-0.15, -0.1) is 11.6 Å². The molecule has 0 aromatic rings. The standard InChI is InChI=1S/C3H4ClS/c1-3(4)2-5/h2-3H,1H2. The van der Waals surface area contributed by atoms with Crippen molar-refractivity contribution in [2.75, 3.05) is 0 Å². The molecule has 0 bridgehead atoms. The molecule has 0 aliphatic heterocycles. The van der Waals surface area contributed by atoms with Crippen molar-refractivity contribution in [1.29, 1.82) is 0 Å². The molecule has 5 heavy (non-hydrogen) atoms. The van der Waals surface area contributed by atoms with Crippen molar-refractivity contribution in [2.24, 2.45) is 0 Å². The summed E-state index contributed by atoms with van der Waals surface area (Å²) >= 11 is 9.55. The summed E-state index contributed by atoms with van der Waals surface area (Å²) in [7, 11) is 0. The summed E-state index contributed by atoms with van der Waals surface area (Å²) in [6, 6.07) is 0. The maximum absolute atomic E-state index is 5.19. The van der Waals surface area contributed by atoms with Crippen molar-refractivity contribution in [3.63, 3.8) is 0 Å². The van der Waals surface area contributed by atoms with Gasteiger partial charge in [-0.2, -0.15) is 0 Å². The maximum atomic E-state index is 5.19. The van der Waals surface area contributed by atoms with Gasteiger partial charge in [0.2, 0.25) is 0 Å². The van der Waals surface area contributed by atoms with E-state index in [1.807, 2.05) is 0 Å². The fourth-order valence-corrected chi connectivity index (χ4v) is 0. The molecule has 0 N–H and O–H groups in total. The normalized spacial score (nSPS) is 14.0. The molecule has 0 aliphatic carbocycles. The Balaban J connectivity index is 2.83. The smallest absolute Gasteiger partial charge is 0.0618 e.